The average molecular weight is 183 g/mol. The van der Waals surface area contributed by atoms with Crippen molar-refractivity contribution in [1.82, 2.24) is 5.32 Å². The highest BCUT2D eigenvalue weighted by atomic mass is 127. The first-order valence-corrected chi connectivity index (χ1v) is 2.37. The molecule has 0 saturated heterocycles. The summed E-state index contributed by atoms with van der Waals surface area (Å²) >= 11 is 2.10. The van der Waals surface area contributed by atoms with Gasteiger partial charge in [0.25, 0.3) is 0 Å². The second kappa shape index (κ2) is 2.50. The molecule has 1 nitrogen and oxygen atoms in total. The number of halogens is 1. The van der Waals surface area contributed by atoms with Crippen LogP contribution in [0.1, 0.15) is 0 Å². The second-order valence-corrected chi connectivity index (χ2v) is 1.96. The molecule has 2 heteroatoms. The van der Waals surface area contributed by atoms with E-state index in [9.17, 15) is 0 Å². The monoisotopic (exact) mass is 183 g/mol. The van der Waals surface area contributed by atoms with Gasteiger partial charge in [-0.2, -0.15) is 0 Å². The summed E-state index contributed by atoms with van der Waals surface area (Å²) < 4.78 is 0.975. The Kier molecular flexibility index (Phi) is 2.64. The molecule has 5 heavy (non-hydrogen) atoms. The predicted molar refractivity (Wildman–Crippen MR) is 32.2 cm³/mol. The summed E-state index contributed by atoms with van der Waals surface area (Å²) in [5.41, 5.74) is 0. The van der Waals surface area contributed by atoms with E-state index in [0.717, 1.165) is 3.70 Å². The van der Waals surface area contributed by atoms with E-state index in [0.29, 0.717) is 0 Å². The maximum absolute atomic E-state index is 3.55. The Morgan fingerprint density at radius 2 is 2.20 bits per heavy atom. The molecule has 0 aromatic heterocycles. The molecule has 1 N–H and O–H groups in total. The largest absolute Gasteiger partial charge is 0.384 e. The molecule has 0 saturated carbocycles. The fourth-order valence-electron chi connectivity index (χ4n) is 0. The van der Waals surface area contributed by atoms with Gasteiger partial charge in [0.05, 0.1) is 3.70 Å². The maximum Gasteiger partial charge on any atom is 0.0656 e. The summed E-state index contributed by atoms with van der Waals surface area (Å²) in [6, 6.07) is 0. The van der Waals surface area contributed by atoms with Crippen molar-refractivity contribution in [3.8, 4) is 0 Å². The molecule has 0 fully saturated rings. The standard InChI is InChI=1S/C3H6IN/c1-3(4)5-2/h5H,1H2,2H3. The van der Waals surface area contributed by atoms with Gasteiger partial charge in [0.1, 0.15) is 0 Å². The van der Waals surface area contributed by atoms with Gasteiger partial charge in [-0.15, -0.1) is 0 Å². The maximum atomic E-state index is 3.55. The van der Waals surface area contributed by atoms with Crippen LogP contribution in [0.5, 0.6) is 0 Å². The minimum atomic E-state index is 0.975. The van der Waals surface area contributed by atoms with Gasteiger partial charge in [0.2, 0.25) is 0 Å². The average Bonchev–Trinajstić information content (AvgIpc) is 1.38. The smallest absolute Gasteiger partial charge is 0.0656 e. The molecule has 0 aromatic rings. The zero-order chi connectivity index (χ0) is 4.28. The number of rotatable bonds is 1. The van der Waals surface area contributed by atoms with Crippen LogP contribution in [0, 0.1) is 0 Å². The first kappa shape index (κ1) is 5.27. The molecule has 0 spiro atoms. The molecule has 30 valence electrons. The van der Waals surface area contributed by atoms with Crippen LogP contribution in [0.25, 0.3) is 0 Å². The zero-order valence-electron chi connectivity index (χ0n) is 3.09. The molecule has 0 aliphatic carbocycles. The van der Waals surface area contributed by atoms with Crippen LogP contribution in [0.2, 0.25) is 0 Å². The van der Waals surface area contributed by atoms with E-state index in [2.05, 4.69) is 34.5 Å². The third-order valence-corrected chi connectivity index (χ3v) is 0.811. The molecule has 0 bridgehead atoms. The van der Waals surface area contributed by atoms with E-state index in [1.165, 1.54) is 0 Å². The van der Waals surface area contributed by atoms with Crippen molar-refractivity contribution in [2.75, 3.05) is 7.05 Å². The van der Waals surface area contributed by atoms with E-state index >= 15 is 0 Å². The zero-order valence-corrected chi connectivity index (χ0v) is 5.24. The lowest BCUT2D eigenvalue weighted by atomic mass is 11.0. The van der Waals surface area contributed by atoms with Crippen molar-refractivity contribution in [3.05, 3.63) is 10.3 Å². The summed E-state index contributed by atoms with van der Waals surface area (Å²) in [5.74, 6) is 0. The Morgan fingerprint density at radius 3 is 2.20 bits per heavy atom. The van der Waals surface area contributed by atoms with Crippen LogP contribution in [-0.2, 0) is 0 Å². The Bertz CT molecular complexity index is 42.2. The lowest BCUT2D eigenvalue weighted by molar-refractivity contribution is 1.10. The Hall–Kier alpha value is 0.270. The van der Waals surface area contributed by atoms with Crippen LogP contribution in [0.15, 0.2) is 10.3 Å². The Morgan fingerprint density at radius 1 is 2.00 bits per heavy atom. The molecule has 0 unspecified atom stereocenters. The summed E-state index contributed by atoms with van der Waals surface area (Å²) in [5, 5.41) is 2.82. The highest BCUT2D eigenvalue weighted by Gasteiger charge is 1.65. The fraction of sp³-hybridized carbons (Fsp3) is 0.333. The SMILES string of the molecule is C=C(I)NC. The van der Waals surface area contributed by atoms with Gasteiger partial charge in [-0.1, -0.05) is 6.58 Å². The molecule has 0 rings (SSSR count). The van der Waals surface area contributed by atoms with Crippen LogP contribution in [-0.4, -0.2) is 7.05 Å². The lowest BCUT2D eigenvalue weighted by Crippen LogP contribution is -1.95. The fourth-order valence-corrected chi connectivity index (χ4v) is 0. The normalized spacial score (nSPS) is 6.80. The summed E-state index contributed by atoms with van der Waals surface area (Å²) in [7, 11) is 1.84. The van der Waals surface area contributed by atoms with E-state index < -0.39 is 0 Å². The molecule has 0 aliphatic rings. The van der Waals surface area contributed by atoms with Gasteiger partial charge in [0, 0.05) is 7.05 Å². The van der Waals surface area contributed by atoms with Crippen LogP contribution >= 0.6 is 22.6 Å². The van der Waals surface area contributed by atoms with Crippen molar-refractivity contribution in [2.24, 2.45) is 0 Å². The number of hydrogen-bond donors (Lipinski definition) is 1. The number of nitrogens with one attached hydrogen (secondary N) is 1. The van der Waals surface area contributed by atoms with E-state index in [-0.39, 0.29) is 0 Å². The topological polar surface area (TPSA) is 12.0 Å². The van der Waals surface area contributed by atoms with Gasteiger partial charge < -0.3 is 5.32 Å². The molecule has 0 aromatic carbocycles. The van der Waals surface area contributed by atoms with E-state index in [1.807, 2.05) is 7.05 Å². The Labute approximate surface area is 45.6 Å². The molecule has 0 amide bonds. The van der Waals surface area contributed by atoms with Crippen molar-refractivity contribution >= 4 is 22.6 Å². The van der Waals surface area contributed by atoms with Crippen molar-refractivity contribution in [3.63, 3.8) is 0 Å². The highest BCUT2D eigenvalue weighted by molar-refractivity contribution is 14.1. The third-order valence-electron chi connectivity index (χ3n) is 0.271. The van der Waals surface area contributed by atoms with E-state index in [4.69, 9.17) is 0 Å². The quantitative estimate of drug-likeness (QED) is 0.474. The molecular formula is C3H6IN. The molecule has 0 aliphatic heterocycles. The molecule has 0 heterocycles. The molecule has 0 atom stereocenters. The van der Waals surface area contributed by atoms with Gasteiger partial charge >= 0.3 is 0 Å². The van der Waals surface area contributed by atoms with Crippen molar-refractivity contribution in [2.45, 2.75) is 0 Å². The number of hydrogen-bond acceptors (Lipinski definition) is 1. The summed E-state index contributed by atoms with van der Waals surface area (Å²) in [4.78, 5) is 0. The van der Waals surface area contributed by atoms with E-state index in [1.54, 1.807) is 0 Å². The van der Waals surface area contributed by atoms with Crippen LogP contribution < -0.4 is 5.32 Å². The van der Waals surface area contributed by atoms with Gasteiger partial charge in [-0.25, -0.2) is 0 Å². The predicted octanol–water partition coefficient (Wildman–Crippen LogP) is 1.11. The van der Waals surface area contributed by atoms with Gasteiger partial charge in [-0.3, -0.25) is 0 Å². The van der Waals surface area contributed by atoms with Crippen LogP contribution in [0.4, 0.5) is 0 Å². The summed E-state index contributed by atoms with van der Waals surface area (Å²) in [6.45, 7) is 3.55. The lowest BCUT2D eigenvalue weighted by Gasteiger charge is -1.85. The first-order valence-electron chi connectivity index (χ1n) is 1.29. The third kappa shape index (κ3) is 4.27. The second-order valence-electron chi connectivity index (χ2n) is 0.655. The Balaban J connectivity index is 2.85. The van der Waals surface area contributed by atoms with Crippen molar-refractivity contribution < 1.29 is 0 Å². The van der Waals surface area contributed by atoms with Crippen LogP contribution in [0.3, 0.4) is 0 Å². The minimum Gasteiger partial charge on any atom is -0.384 e. The summed E-state index contributed by atoms with van der Waals surface area (Å²) in [6.07, 6.45) is 0. The highest BCUT2D eigenvalue weighted by Crippen LogP contribution is 1.90. The van der Waals surface area contributed by atoms with Gasteiger partial charge in [-0.05, 0) is 22.6 Å². The van der Waals surface area contributed by atoms with Crippen molar-refractivity contribution in [1.29, 1.82) is 0 Å². The minimum absolute atomic E-state index is 0.975. The van der Waals surface area contributed by atoms with Gasteiger partial charge in [0.15, 0.2) is 0 Å². The molecular weight excluding hydrogens is 177 g/mol. The molecule has 0 radical (unpaired) electrons. The first-order chi connectivity index (χ1) is 2.27.